The summed E-state index contributed by atoms with van der Waals surface area (Å²) in [4.78, 5) is 4.59. The van der Waals surface area contributed by atoms with Gasteiger partial charge in [0.05, 0.1) is 5.75 Å². The van der Waals surface area contributed by atoms with Crippen LogP contribution in [0.2, 0.25) is 0 Å². The third-order valence-corrected chi connectivity index (χ3v) is 7.86. The highest BCUT2D eigenvalue weighted by Crippen LogP contribution is 2.51. The lowest BCUT2D eigenvalue weighted by molar-refractivity contribution is 0.196. The van der Waals surface area contributed by atoms with Crippen LogP contribution in [0, 0.1) is 11.8 Å². The van der Waals surface area contributed by atoms with Gasteiger partial charge in [-0.05, 0) is 43.1 Å². The highest BCUT2D eigenvalue weighted by atomic mass is 32.2. The first-order valence-electron chi connectivity index (χ1n) is 9.81. The van der Waals surface area contributed by atoms with E-state index in [4.69, 9.17) is 4.52 Å². The Kier molecular flexibility index (Phi) is 5.07. The van der Waals surface area contributed by atoms with E-state index in [1.54, 1.807) is 4.31 Å². The molecule has 2 aliphatic rings. The first-order chi connectivity index (χ1) is 12.9. The smallest absolute Gasteiger partial charge is 0.245 e. The molecule has 27 heavy (non-hydrogen) atoms. The van der Waals surface area contributed by atoms with Crippen molar-refractivity contribution in [2.45, 2.75) is 58.0 Å². The molecule has 4 rings (SSSR count). The minimum absolute atomic E-state index is 0.0865. The summed E-state index contributed by atoms with van der Waals surface area (Å²) >= 11 is 0. The zero-order valence-corrected chi connectivity index (χ0v) is 16.7. The molecule has 1 aromatic heterocycles. The standard InChI is InChI=1S/C20H27N3O3S/c1-14(2)13-27(24,25)23-17-10-9-16(12-17)19(23)20-21-18(22-26-20)11-8-15-6-4-3-5-7-15/h3-7,14,16-17,19H,8-13H2,1-2H3/t16-,17+,19-/m0/s1. The number of fused-ring (bicyclic) bond motifs is 2. The average Bonchev–Trinajstić information content (AvgIpc) is 3.35. The second-order valence-electron chi connectivity index (χ2n) is 8.21. The zero-order chi connectivity index (χ0) is 19.0. The second kappa shape index (κ2) is 7.36. The number of sulfonamides is 1. The summed E-state index contributed by atoms with van der Waals surface area (Å²) in [5.74, 6) is 1.68. The molecule has 1 saturated carbocycles. The van der Waals surface area contributed by atoms with E-state index in [1.165, 1.54) is 5.56 Å². The Bertz CT molecular complexity index is 879. The van der Waals surface area contributed by atoms with Crippen molar-refractivity contribution in [1.82, 2.24) is 14.4 Å². The molecule has 2 bridgehead atoms. The van der Waals surface area contributed by atoms with Crippen molar-refractivity contribution in [2.75, 3.05) is 5.75 Å². The number of piperidine rings is 1. The summed E-state index contributed by atoms with van der Waals surface area (Å²) in [6, 6.07) is 9.99. The molecule has 0 radical (unpaired) electrons. The van der Waals surface area contributed by atoms with Gasteiger partial charge in [0, 0.05) is 12.5 Å². The number of hydrogen-bond donors (Lipinski definition) is 0. The Labute approximate surface area is 161 Å². The van der Waals surface area contributed by atoms with Crippen LogP contribution in [0.3, 0.4) is 0 Å². The maximum absolute atomic E-state index is 13.0. The Morgan fingerprint density at radius 2 is 1.96 bits per heavy atom. The maximum atomic E-state index is 13.0. The number of nitrogens with zero attached hydrogens (tertiary/aromatic N) is 3. The first kappa shape index (κ1) is 18.6. The number of aromatic nitrogens is 2. The molecule has 3 atom stereocenters. The zero-order valence-electron chi connectivity index (χ0n) is 15.9. The van der Waals surface area contributed by atoms with Crippen LogP contribution in [0.1, 0.15) is 56.4 Å². The van der Waals surface area contributed by atoms with Gasteiger partial charge in [-0.3, -0.25) is 0 Å². The van der Waals surface area contributed by atoms with Crippen molar-refractivity contribution < 1.29 is 12.9 Å². The van der Waals surface area contributed by atoms with Crippen LogP contribution in [-0.2, 0) is 22.9 Å². The van der Waals surface area contributed by atoms with Gasteiger partial charge in [0.15, 0.2) is 5.82 Å². The molecule has 6 nitrogen and oxygen atoms in total. The lowest BCUT2D eigenvalue weighted by Gasteiger charge is -2.32. The van der Waals surface area contributed by atoms with Crippen molar-refractivity contribution in [2.24, 2.45) is 11.8 Å². The molecule has 0 spiro atoms. The van der Waals surface area contributed by atoms with Gasteiger partial charge in [0.25, 0.3) is 0 Å². The fourth-order valence-corrected chi connectivity index (χ4v) is 6.82. The van der Waals surface area contributed by atoms with Crippen LogP contribution >= 0.6 is 0 Å². The summed E-state index contributed by atoms with van der Waals surface area (Å²) in [5, 5.41) is 4.13. The number of benzene rings is 1. The molecule has 1 aliphatic heterocycles. The SMILES string of the molecule is CC(C)CS(=O)(=O)N1[C@@H]2CC[C@@H](C2)[C@H]1c1nc(CCc2ccccc2)no1. The number of hydrogen-bond acceptors (Lipinski definition) is 5. The van der Waals surface area contributed by atoms with Crippen LogP contribution in [-0.4, -0.2) is 34.7 Å². The summed E-state index contributed by atoms with van der Waals surface area (Å²) in [6.07, 6.45) is 4.40. The summed E-state index contributed by atoms with van der Waals surface area (Å²) in [7, 11) is -3.33. The van der Waals surface area contributed by atoms with Gasteiger partial charge in [0.1, 0.15) is 6.04 Å². The van der Waals surface area contributed by atoms with E-state index in [2.05, 4.69) is 22.3 Å². The van der Waals surface area contributed by atoms with Gasteiger partial charge in [-0.15, -0.1) is 0 Å². The third kappa shape index (κ3) is 3.80. The van der Waals surface area contributed by atoms with E-state index in [0.717, 1.165) is 25.7 Å². The topological polar surface area (TPSA) is 76.3 Å². The van der Waals surface area contributed by atoms with Crippen molar-refractivity contribution >= 4 is 10.0 Å². The maximum Gasteiger partial charge on any atom is 0.245 e. The molecule has 1 aromatic carbocycles. The van der Waals surface area contributed by atoms with E-state index in [1.807, 2.05) is 32.0 Å². The van der Waals surface area contributed by atoms with Gasteiger partial charge >= 0.3 is 0 Å². The number of rotatable bonds is 7. The van der Waals surface area contributed by atoms with Crippen LogP contribution in [0.25, 0.3) is 0 Å². The normalized spacial score (nSPS) is 25.5. The Hall–Kier alpha value is -1.73. The van der Waals surface area contributed by atoms with Crippen molar-refractivity contribution in [3.05, 3.63) is 47.6 Å². The lowest BCUT2D eigenvalue weighted by atomic mass is 10.00. The quantitative estimate of drug-likeness (QED) is 0.726. The van der Waals surface area contributed by atoms with E-state index >= 15 is 0 Å². The molecular weight excluding hydrogens is 362 g/mol. The number of aryl methyl sites for hydroxylation is 2. The average molecular weight is 390 g/mol. The molecule has 2 heterocycles. The Morgan fingerprint density at radius 1 is 1.19 bits per heavy atom. The fourth-order valence-electron chi connectivity index (χ4n) is 4.55. The Morgan fingerprint density at radius 3 is 2.70 bits per heavy atom. The molecular formula is C20H27N3O3S. The van der Waals surface area contributed by atoms with Crippen molar-refractivity contribution in [3.8, 4) is 0 Å². The molecule has 2 fully saturated rings. The predicted molar refractivity (Wildman–Crippen MR) is 102 cm³/mol. The van der Waals surface area contributed by atoms with E-state index in [0.29, 0.717) is 24.1 Å². The molecule has 1 aliphatic carbocycles. The highest BCUT2D eigenvalue weighted by Gasteiger charge is 2.53. The van der Waals surface area contributed by atoms with Gasteiger partial charge < -0.3 is 4.52 Å². The van der Waals surface area contributed by atoms with Gasteiger partial charge in [-0.25, -0.2) is 8.42 Å². The predicted octanol–water partition coefficient (Wildman–Crippen LogP) is 3.37. The highest BCUT2D eigenvalue weighted by molar-refractivity contribution is 7.89. The molecule has 0 unspecified atom stereocenters. The lowest BCUT2D eigenvalue weighted by Crippen LogP contribution is -2.42. The molecule has 0 N–H and O–H groups in total. The van der Waals surface area contributed by atoms with Gasteiger partial charge in [0.2, 0.25) is 15.9 Å². The van der Waals surface area contributed by atoms with Crippen LogP contribution in [0.15, 0.2) is 34.9 Å². The van der Waals surface area contributed by atoms with E-state index in [9.17, 15) is 8.42 Å². The monoisotopic (exact) mass is 389 g/mol. The summed E-state index contributed by atoms with van der Waals surface area (Å²) < 4.78 is 33.2. The third-order valence-electron chi connectivity index (χ3n) is 5.61. The first-order valence-corrected chi connectivity index (χ1v) is 11.4. The fraction of sp³-hybridized carbons (Fsp3) is 0.600. The Balaban J connectivity index is 1.52. The molecule has 0 amide bonds. The van der Waals surface area contributed by atoms with Gasteiger partial charge in [-0.1, -0.05) is 49.3 Å². The van der Waals surface area contributed by atoms with E-state index < -0.39 is 10.0 Å². The van der Waals surface area contributed by atoms with Crippen LogP contribution < -0.4 is 0 Å². The summed E-state index contributed by atoms with van der Waals surface area (Å²) in [6.45, 7) is 3.88. The van der Waals surface area contributed by atoms with Crippen molar-refractivity contribution in [3.63, 3.8) is 0 Å². The molecule has 2 aromatic rings. The van der Waals surface area contributed by atoms with E-state index in [-0.39, 0.29) is 23.8 Å². The van der Waals surface area contributed by atoms with Crippen LogP contribution in [0.5, 0.6) is 0 Å². The minimum Gasteiger partial charge on any atom is -0.338 e. The molecule has 7 heteroatoms. The summed E-state index contributed by atoms with van der Waals surface area (Å²) in [5.41, 5.74) is 1.23. The van der Waals surface area contributed by atoms with Gasteiger partial charge in [-0.2, -0.15) is 9.29 Å². The second-order valence-corrected chi connectivity index (χ2v) is 10.1. The largest absolute Gasteiger partial charge is 0.338 e. The molecule has 146 valence electrons. The molecule has 1 saturated heterocycles. The van der Waals surface area contributed by atoms with Crippen LogP contribution in [0.4, 0.5) is 0 Å². The minimum atomic E-state index is -3.33. The van der Waals surface area contributed by atoms with Crippen molar-refractivity contribution in [1.29, 1.82) is 0 Å².